The molecule has 2 heteroatoms. The molecule has 1 fully saturated rings. The second kappa shape index (κ2) is 2.81. The molecule has 1 N–H and O–H groups in total. The van der Waals surface area contributed by atoms with E-state index in [0.29, 0.717) is 6.04 Å². The van der Waals surface area contributed by atoms with E-state index >= 15 is 0 Å². The number of hydrogen-bond donors (Lipinski definition) is 1. The van der Waals surface area contributed by atoms with Gasteiger partial charge in [0.15, 0.2) is 0 Å². The lowest BCUT2D eigenvalue weighted by atomic mass is 10.1. The van der Waals surface area contributed by atoms with Crippen molar-refractivity contribution in [1.82, 2.24) is 5.32 Å². The molecule has 1 aliphatic carbocycles. The summed E-state index contributed by atoms with van der Waals surface area (Å²) in [4.78, 5) is 1.52. The Kier molecular flexibility index (Phi) is 1.82. The Morgan fingerprint density at radius 2 is 2.60 bits per heavy atom. The molecule has 2 aliphatic rings. The first-order valence-corrected chi connectivity index (χ1v) is 4.68. The fraction of sp³-hybridized carbons (Fsp3) is 0.500. The number of hydrogen-bond acceptors (Lipinski definition) is 2. The molecular formula is C8H11NS. The van der Waals surface area contributed by atoms with Crippen LogP contribution in [0.15, 0.2) is 23.1 Å². The van der Waals surface area contributed by atoms with Crippen LogP contribution in [0.5, 0.6) is 0 Å². The van der Waals surface area contributed by atoms with Crippen molar-refractivity contribution >= 4 is 11.8 Å². The summed E-state index contributed by atoms with van der Waals surface area (Å²) in [5.74, 6) is 1.23. The lowest BCUT2D eigenvalue weighted by Gasteiger charge is -2.26. The predicted octanol–water partition coefficient (Wildman–Crippen LogP) is 1.54. The molecule has 54 valence electrons. The van der Waals surface area contributed by atoms with Crippen molar-refractivity contribution in [3.8, 4) is 0 Å². The first-order valence-electron chi connectivity index (χ1n) is 3.70. The van der Waals surface area contributed by atoms with E-state index in [1.165, 1.54) is 23.6 Å². The lowest BCUT2D eigenvalue weighted by molar-refractivity contribution is 0.603. The van der Waals surface area contributed by atoms with Crippen molar-refractivity contribution in [2.45, 2.75) is 12.5 Å². The molecule has 1 atom stereocenters. The number of fused-ring (bicyclic) bond motifs is 1. The normalized spacial score (nSPS) is 31.2. The van der Waals surface area contributed by atoms with E-state index in [-0.39, 0.29) is 0 Å². The smallest absolute Gasteiger partial charge is 0.0415 e. The van der Waals surface area contributed by atoms with Gasteiger partial charge in [-0.2, -0.15) is 0 Å². The third kappa shape index (κ3) is 1.13. The second-order valence-electron chi connectivity index (χ2n) is 2.59. The SMILES string of the molecule is C1=CCC2NCCSC2=C1. The van der Waals surface area contributed by atoms with Gasteiger partial charge in [-0.25, -0.2) is 0 Å². The van der Waals surface area contributed by atoms with Crippen LogP contribution in [0.1, 0.15) is 6.42 Å². The van der Waals surface area contributed by atoms with Crippen LogP contribution in [0.3, 0.4) is 0 Å². The fourth-order valence-corrected chi connectivity index (χ4v) is 2.36. The monoisotopic (exact) mass is 153 g/mol. The van der Waals surface area contributed by atoms with Gasteiger partial charge in [0.05, 0.1) is 0 Å². The maximum absolute atomic E-state index is 3.48. The van der Waals surface area contributed by atoms with E-state index in [2.05, 4.69) is 23.5 Å². The number of rotatable bonds is 0. The van der Waals surface area contributed by atoms with Crippen LogP contribution in [0, 0.1) is 0 Å². The Hall–Kier alpha value is -0.210. The molecule has 0 aromatic rings. The number of thioether (sulfide) groups is 1. The van der Waals surface area contributed by atoms with Gasteiger partial charge in [-0.15, -0.1) is 11.8 Å². The van der Waals surface area contributed by atoms with Crippen LogP contribution >= 0.6 is 11.8 Å². The molecule has 1 aliphatic heterocycles. The van der Waals surface area contributed by atoms with Crippen LogP contribution in [0.2, 0.25) is 0 Å². The van der Waals surface area contributed by atoms with E-state index in [4.69, 9.17) is 0 Å². The average Bonchev–Trinajstić information content (AvgIpc) is 2.05. The van der Waals surface area contributed by atoms with Gasteiger partial charge in [0.25, 0.3) is 0 Å². The Balaban J connectivity index is 2.14. The molecule has 0 aromatic heterocycles. The van der Waals surface area contributed by atoms with Gasteiger partial charge in [-0.05, 0) is 6.42 Å². The Morgan fingerprint density at radius 3 is 3.50 bits per heavy atom. The van der Waals surface area contributed by atoms with Gasteiger partial charge in [0.1, 0.15) is 0 Å². The van der Waals surface area contributed by atoms with Gasteiger partial charge in [-0.1, -0.05) is 18.2 Å². The molecule has 0 saturated carbocycles. The summed E-state index contributed by atoms with van der Waals surface area (Å²) in [6.07, 6.45) is 7.79. The van der Waals surface area contributed by atoms with E-state index in [0.717, 1.165) is 0 Å². The van der Waals surface area contributed by atoms with Crippen LogP contribution in [-0.2, 0) is 0 Å². The third-order valence-corrected chi connectivity index (χ3v) is 3.04. The standard InChI is InChI=1S/C8H11NS/c1-2-4-8-7(3-1)9-5-6-10-8/h1-2,4,7,9H,3,5-6H2. The molecule has 0 bridgehead atoms. The van der Waals surface area contributed by atoms with Crippen LogP contribution in [-0.4, -0.2) is 18.3 Å². The first-order chi connectivity index (χ1) is 4.97. The number of nitrogens with one attached hydrogen (secondary N) is 1. The molecule has 0 amide bonds. The summed E-state index contributed by atoms with van der Waals surface area (Å²) in [6, 6.07) is 0.642. The molecule has 2 rings (SSSR count). The van der Waals surface area contributed by atoms with Gasteiger partial charge in [-0.3, -0.25) is 0 Å². The van der Waals surface area contributed by atoms with E-state index in [1.54, 1.807) is 0 Å². The van der Waals surface area contributed by atoms with Gasteiger partial charge < -0.3 is 5.32 Å². The fourth-order valence-electron chi connectivity index (χ4n) is 1.34. The van der Waals surface area contributed by atoms with Gasteiger partial charge in [0.2, 0.25) is 0 Å². The highest BCUT2D eigenvalue weighted by Crippen LogP contribution is 2.27. The predicted molar refractivity (Wildman–Crippen MR) is 46.1 cm³/mol. The molecule has 1 heterocycles. The zero-order chi connectivity index (χ0) is 6.81. The summed E-state index contributed by atoms with van der Waals surface area (Å²) in [7, 11) is 0. The second-order valence-corrected chi connectivity index (χ2v) is 3.76. The summed E-state index contributed by atoms with van der Waals surface area (Å²) in [6.45, 7) is 1.17. The summed E-state index contributed by atoms with van der Waals surface area (Å²) in [5, 5.41) is 3.48. The Morgan fingerprint density at radius 1 is 1.60 bits per heavy atom. The minimum atomic E-state index is 0.642. The zero-order valence-electron chi connectivity index (χ0n) is 5.84. The molecule has 1 unspecified atom stereocenters. The highest BCUT2D eigenvalue weighted by Gasteiger charge is 2.18. The van der Waals surface area contributed by atoms with Crippen molar-refractivity contribution in [3.63, 3.8) is 0 Å². The van der Waals surface area contributed by atoms with Crippen molar-refractivity contribution in [1.29, 1.82) is 0 Å². The van der Waals surface area contributed by atoms with Gasteiger partial charge in [0, 0.05) is 23.2 Å². The third-order valence-electron chi connectivity index (χ3n) is 1.87. The van der Waals surface area contributed by atoms with E-state index in [9.17, 15) is 0 Å². The highest BCUT2D eigenvalue weighted by molar-refractivity contribution is 8.03. The molecule has 1 saturated heterocycles. The maximum atomic E-state index is 3.48. The van der Waals surface area contributed by atoms with E-state index < -0.39 is 0 Å². The average molecular weight is 153 g/mol. The zero-order valence-corrected chi connectivity index (χ0v) is 6.66. The van der Waals surface area contributed by atoms with Crippen LogP contribution in [0.4, 0.5) is 0 Å². The van der Waals surface area contributed by atoms with Crippen LogP contribution < -0.4 is 5.32 Å². The van der Waals surface area contributed by atoms with Crippen molar-refractivity contribution < 1.29 is 0 Å². The first kappa shape index (κ1) is 6.50. The Bertz CT molecular complexity index is 184. The minimum absolute atomic E-state index is 0.642. The van der Waals surface area contributed by atoms with Crippen LogP contribution in [0.25, 0.3) is 0 Å². The summed E-state index contributed by atoms with van der Waals surface area (Å²) < 4.78 is 0. The molecule has 1 nitrogen and oxygen atoms in total. The maximum Gasteiger partial charge on any atom is 0.0415 e. The largest absolute Gasteiger partial charge is 0.308 e. The lowest BCUT2D eigenvalue weighted by Crippen LogP contribution is -2.36. The minimum Gasteiger partial charge on any atom is -0.308 e. The topological polar surface area (TPSA) is 12.0 Å². The quantitative estimate of drug-likeness (QED) is 0.566. The molecule has 0 spiro atoms. The van der Waals surface area contributed by atoms with Crippen molar-refractivity contribution in [3.05, 3.63) is 23.1 Å². The summed E-state index contributed by atoms with van der Waals surface area (Å²) >= 11 is 1.99. The Labute approximate surface area is 65.6 Å². The van der Waals surface area contributed by atoms with Crippen molar-refractivity contribution in [2.75, 3.05) is 12.3 Å². The van der Waals surface area contributed by atoms with E-state index in [1.807, 2.05) is 11.8 Å². The molecule has 0 radical (unpaired) electrons. The molecule has 10 heavy (non-hydrogen) atoms. The summed E-state index contributed by atoms with van der Waals surface area (Å²) in [5.41, 5.74) is 0. The van der Waals surface area contributed by atoms with Crippen molar-refractivity contribution in [2.24, 2.45) is 0 Å². The molecular weight excluding hydrogens is 142 g/mol. The highest BCUT2D eigenvalue weighted by atomic mass is 32.2. The number of allylic oxidation sites excluding steroid dienone is 2. The molecule has 0 aromatic carbocycles. The van der Waals surface area contributed by atoms with Gasteiger partial charge >= 0.3 is 0 Å².